The van der Waals surface area contributed by atoms with Crippen LogP contribution < -0.4 is 14.8 Å². The van der Waals surface area contributed by atoms with E-state index < -0.39 is 35.3 Å². The van der Waals surface area contributed by atoms with Gasteiger partial charge in [-0.25, -0.2) is 0 Å². The number of aryl methyl sites for hydroxylation is 1. The number of hydrogen-bond acceptors (Lipinski definition) is 6. The van der Waals surface area contributed by atoms with Crippen molar-refractivity contribution < 1.29 is 37.0 Å². The second kappa shape index (κ2) is 11.6. The first-order valence-corrected chi connectivity index (χ1v) is 12.4. The van der Waals surface area contributed by atoms with Gasteiger partial charge in [0.05, 0.1) is 17.6 Å². The van der Waals surface area contributed by atoms with E-state index in [-0.39, 0.29) is 10.6 Å². The topological polar surface area (TPSA) is 84.9 Å². The number of anilines is 1. The number of ether oxygens (including phenoxy) is 2. The van der Waals surface area contributed by atoms with Gasteiger partial charge in [-0.15, -0.1) is 0 Å². The molecule has 0 bridgehead atoms. The van der Waals surface area contributed by atoms with Gasteiger partial charge in [-0.3, -0.25) is 19.3 Å². The summed E-state index contributed by atoms with van der Waals surface area (Å²) in [4.78, 5) is 38.5. The molecule has 3 amide bonds. The molecule has 0 atom stereocenters. The zero-order chi connectivity index (χ0) is 28.2. The number of imide groups is 1. The van der Waals surface area contributed by atoms with Crippen LogP contribution in [0.25, 0.3) is 6.08 Å². The number of rotatable bonds is 8. The summed E-state index contributed by atoms with van der Waals surface area (Å²) in [5.74, 6) is -0.579. The number of alkyl halides is 3. The lowest BCUT2D eigenvalue weighted by Gasteiger charge is -2.13. The molecule has 0 aromatic heterocycles. The molecule has 202 valence electrons. The van der Waals surface area contributed by atoms with E-state index in [9.17, 15) is 27.6 Å². The van der Waals surface area contributed by atoms with Gasteiger partial charge in [-0.1, -0.05) is 42.0 Å². The molecule has 0 unspecified atom stereocenters. The van der Waals surface area contributed by atoms with Gasteiger partial charge >= 0.3 is 6.18 Å². The minimum atomic E-state index is -4.58. The summed E-state index contributed by atoms with van der Waals surface area (Å²) in [6.45, 7) is 1.68. The first-order valence-electron chi connectivity index (χ1n) is 11.6. The Morgan fingerprint density at radius 3 is 2.51 bits per heavy atom. The van der Waals surface area contributed by atoms with E-state index >= 15 is 0 Å². The normalized spacial score (nSPS) is 14.6. The van der Waals surface area contributed by atoms with Gasteiger partial charge in [-0.2, -0.15) is 13.2 Å². The molecule has 39 heavy (non-hydrogen) atoms. The fourth-order valence-electron chi connectivity index (χ4n) is 3.76. The summed E-state index contributed by atoms with van der Waals surface area (Å²) in [6, 6.07) is 17.0. The van der Waals surface area contributed by atoms with Crippen LogP contribution >= 0.6 is 11.8 Å². The second-order valence-electron chi connectivity index (χ2n) is 8.58. The Morgan fingerprint density at radius 1 is 1.03 bits per heavy atom. The molecule has 0 aliphatic carbocycles. The predicted octanol–water partition coefficient (Wildman–Crippen LogP) is 6.28. The summed E-state index contributed by atoms with van der Waals surface area (Å²) >= 11 is 0.655. The number of halogens is 3. The van der Waals surface area contributed by atoms with Crippen molar-refractivity contribution in [2.24, 2.45) is 0 Å². The standard InChI is InChI=1S/C28H23F3N2O5S/c1-17-5-3-6-19(11-17)16-38-22-10-9-18(12-23(22)37-2)13-24-26(35)33(27(36)39-24)15-25(34)32-21-8-4-7-20(14-21)28(29,30)31/h3-14H,15-16H2,1-2H3,(H,32,34)/b24-13-. The van der Waals surface area contributed by atoms with Crippen LogP contribution in [-0.2, 0) is 22.4 Å². The average Bonchev–Trinajstić information content (AvgIpc) is 3.14. The average molecular weight is 557 g/mol. The van der Waals surface area contributed by atoms with Gasteiger partial charge in [0.25, 0.3) is 11.1 Å². The zero-order valence-corrected chi connectivity index (χ0v) is 21.7. The van der Waals surface area contributed by atoms with Crippen molar-refractivity contribution in [2.45, 2.75) is 19.7 Å². The summed E-state index contributed by atoms with van der Waals surface area (Å²) in [5.41, 5.74) is 1.63. The maximum atomic E-state index is 12.9. The SMILES string of the molecule is COc1cc(/C=C2\SC(=O)N(CC(=O)Nc3cccc(C(F)(F)F)c3)C2=O)ccc1OCc1cccc(C)c1. The number of nitrogens with one attached hydrogen (secondary N) is 1. The lowest BCUT2D eigenvalue weighted by molar-refractivity contribution is -0.137. The smallest absolute Gasteiger partial charge is 0.416 e. The van der Waals surface area contributed by atoms with Gasteiger partial charge < -0.3 is 14.8 Å². The predicted molar refractivity (Wildman–Crippen MR) is 141 cm³/mol. The highest BCUT2D eigenvalue weighted by Crippen LogP contribution is 2.35. The van der Waals surface area contributed by atoms with Crippen LogP contribution in [0.5, 0.6) is 11.5 Å². The van der Waals surface area contributed by atoms with E-state index in [0.717, 1.165) is 34.2 Å². The quantitative estimate of drug-likeness (QED) is 0.329. The molecule has 7 nitrogen and oxygen atoms in total. The molecule has 0 radical (unpaired) electrons. The Kier molecular flexibility index (Phi) is 8.29. The maximum absolute atomic E-state index is 12.9. The van der Waals surface area contributed by atoms with Crippen LogP contribution in [0.4, 0.5) is 23.7 Å². The van der Waals surface area contributed by atoms with Crippen LogP contribution in [0.15, 0.2) is 71.6 Å². The van der Waals surface area contributed by atoms with E-state index in [1.807, 2.05) is 31.2 Å². The van der Waals surface area contributed by atoms with Gasteiger partial charge in [-0.05, 0) is 66.2 Å². The summed E-state index contributed by atoms with van der Waals surface area (Å²) in [6.07, 6.45) is -3.09. The third kappa shape index (κ3) is 6.99. The molecule has 1 heterocycles. The fourth-order valence-corrected chi connectivity index (χ4v) is 4.60. The number of nitrogens with zero attached hydrogens (tertiary/aromatic N) is 1. The fraction of sp³-hybridized carbons (Fsp3) is 0.179. The van der Waals surface area contributed by atoms with Gasteiger partial charge in [0, 0.05) is 5.69 Å². The van der Waals surface area contributed by atoms with Crippen LogP contribution in [0, 0.1) is 6.92 Å². The van der Waals surface area contributed by atoms with Crippen molar-refractivity contribution in [1.82, 2.24) is 4.90 Å². The summed E-state index contributed by atoms with van der Waals surface area (Å²) < 4.78 is 50.1. The molecule has 1 aliphatic rings. The van der Waals surface area contributed by atoms with Crippen LogP contribution in [0.1, 0.15) is 22.3 Å². The number of amides is 3. The van der Waals surface area contributed by atoms with E-state index in [1.165, 1.54) is 19.3 Å². The van der Waals surface area contributed by atoms with Crippen molar-refractivity contribution in [3.63, 3.8) is 0 Å². The third-order valence-electron chi connectivity index (χ3n) is 5.61. The van der Waals surface area contributed by atoms with E-state index in [2.05, 4.69) is 5.32 Å². The van der Waals surface area contributed by atoms with Gasteiger partial charge in [0.2, 0.25) is 5.91 Å². The minimum Gasteiger partial charge on any atom is -0.493 e. The number of carbonyl (C=O) groups excluding carboxylic acids is 3. The van der Waals surface area contributed by atoms with Crippen molar-refractivity contribution in [3.05, 3.63) is 93.9 Å². The number of benzene rings is 3. The zero-order valence-electron chi connectivity index (χ0n) is 20.9. The summed E-state index contributed by atoms with van der Waals surface area (Å²) in [5, 5.41) is 1.62. The number of methoxy groups -OCH3 is 1. The van der Waals surface area contributed by atoms with E-state index in [0.29, 0.717) is 35.4 Å². The van der Waals surface area contributed by atoms with Gasteiger partial charge in [0.1, 0.15) is 13.2 Å². The number of hydrogen-bond donors (Lipinski definition) is 1. The Labute approximate surface area is 226 Å². The van der Waals surface area contributed by atoms with Crippen molar-refractivity contribution in [1.29, 1.82) is 0 Å². The van der Waals surface area contributed by atoms with Crippen molar-refractivity contribution in [3.8, 4) is 11.5 Å². The molecule has 1 aliphatic heterocycles. The maximum Gasteiger partial charge on any atom is 0.416 e. The second-order valence-corrected chi connectivity index (χ2v) is 9.58. The minimum absolute atomic E-state index is 0.0855. The monoisotopic (exact) mass is 556 g/mol. The van der Waals surface area contributed by atoms with E-state index in [1.54, 1.807) is 18.2 Å². The van der Waals surface area contributed by atoms with Crippen molar-refractivity contribution >= 4 is 40.6 Å². The molecule has 11 heteroatoms. The Hall–Kier alpha value is -4.25. The highest BCUT2D eigenvalue weighted by Gasteiger charge is 2.36. The Bertz CT molecular complexity index is 1460. The first-order chi connectivity index (χ1) is 18.5. The molecule has 0 spiro atoms. The highest BCUT2D eigenvalue weighted by atomic mass is 32.2. The lowest BCUT2D eigenvalue weighted by atomic mass is 10.1. The number of carbonyl (C=O) groups is 3. The molecule has 1 fully saturated rings. The molecule has 4 rings (SSSR count). The molecule has 0 saturated carbocycles. The molecular weight excluding hydrogens is 533 g/mol. The van der Waals surface area contributed by atoms with Crippen LogP contribution in [-0.4, -0.2) is 35.6 Å². The number of thioether (sulfide) groups is 1. The van der Waals surface area contributed by atoms with Crippen molar-refractivity contribution in [2.75, 3.05) is 19.0 Å². The lowest BCUT2D eigenvalue weighted by Crippen LogP contribution is -2.36. The molecular formula is C28H23F3N2O5S. The van der Waals surface area contributed by atoms with Gasteiger partial charge in [0.15, 0.2) is 11.5 Å². The van der Waals surface area contributed by atoms with Crippen LogP contribution in [0.3, 0.4) is 0 Å². The first kappa shape index (κ1) is 27.8. The van der Waals surface area contributed by atoms with E-state index in [4.69, 9.17) is 9.47 Å². The largest absolute Gasteiger partial charge is 0.493 e. The van der Waals surface area contributed by atoms with Crippen LogP contribution in [0.2, 0.25) is 0 Å². The molecule has 1 N–H and O–H groups in total. The molecule has 3 aromatic rings. The highest BCUT2D eigenvalue weighted by molar-refractivity contribution is 8.18. The summed E-state index contributed by atoms with van der Waals surface area (Å²) in [7, 11) is 1.48. The Morgan fingerprint density at radius 2 is 1.79 bits per heavy atom. The Balaban J connectivity index is 1.42. The third-order valence-corrected chi connectivity index (χ3v) is 6.52. The molecule has 1 saturated heterocycles. The molecule has 3 aromatic carbocycles.